The first kappa shape index (κ1) is 18.9. The quantitative estimate of drug-likeness (QED) is 0.668. The van der Waals surface area contributed by atoms with E-state index in [9.17, 15) is 0 Å². The molecule has 0 spiro atoms. The summed E-state index contributed by atoms with van der Waals surface area (Å²) in [6.45, 7) is 14.2. The van der Waals surface area contributed by atoms with Crippen LogP contribution in [-0.2, 0) is 0 Å². The summed E-state index contributed by atoms with van der Waals surface area (Å²) in [6, 6.07) is 0. The van der Waals surface area contributed by atoms with Crippen LogP contribution in [0.3, 0.4) is 0 Å². The van der Waals surface area contributed by atoms with E-state index in [4.69, 9.17) is 0 Å². The fraction of sp³-hybridized carbons (Fsp3) is 1.00. The zero-order valence-corrected chi connectivity index (χ0v) is 15.2. The zero-order valence-electron chi connectivity index (χ0n) is 15.2. The van der Waals surface area contributed by atoms with Crippen LogP contribution in [0.5, 0.6) is 0 Å². The predicted octanol–water partition coefficient (Wildman–Crippen LogP) is 3.07. The normalized spacial score (nSPS) is 26.7. The molecule has 1 rings (SSSR count). The van der Waals surface area contributed by atoms with E-state index >= 15 is 0 Å². The van der Waals surface area contributed by atoms with Gasteiger partial charge in [-0.25, -0.2) is 0 Å². The van der Waals surface area contributed by atoms with Gasteiger partial charge in [0.05, 0.1) is 0 Å². The van der Waals surface area contributed by atoms with Gasteiger partial charge in [-0.2, -0.15) is 0 Å². The molecule has 0 heterocycles. The highest BCUT2D eigenvalue weighted by Gasteiger charge is 2.35. The van der Waals surface area contributed by atoms with Crippen molar-refractivity contribution in [2.24, 2.45) is 11.3 Å². The van der Waals surface area contributed by atoms with Crippen LogP contribution in [0.1, 0.15) is 52.9 Å². The molecular formula is C18H39N3. The van der Waals surface area contributed by atoms with Crippen molar-refractivity contribution in [2.45, 2.75) is 52.9 Å². The van der Waals surface area contributed by atoms with Crippen molar-refractivity contribution in [1.82, 2.24) is 15.1 Å². The van der Waals surface area contributed by atoms with Gasteiger partial charge >= 0.3 is 0 Å². The van der Waals surface area contributed by atoms with E-state index in [1.807, 2.05) is 0 Å². The van der Waals surface area contributed by atoms with Gasteiger partial charge in [-0.1, -0.05) is 33.6 Å². The van der Waals surface area contributed by atoms with Gasteiger partial charge in [-0.05, 0) is 70.9 Å². The molecule has 0 unspecified atom stereocenters. The molecule has 0 aliphatic heterocycles. The molecule has 1 aliphatic carbocycles. The minimum atomic E-state index is 0.524. The number of hydrogen-bond acceptors (Lipinski definition) is 3. The van der Waals surface area contributed by atoms with Crippen LogP contribution >= 0.6 is 0 Å². The lowest BCUT2D eigenvalue weighted by atomic mass is 9.70. The molecule has 3 heteroatoms. The fourth-order valence-electron chi connectivity index (χ4n) is 3.59. The molecule has 0 bridgehead atoms. The maximum Gasteiger partial charge on any atom is 0.00500 e. The largest absolute Gasteiger partial charge is 0.316 e. The minimum absolute atomic E-state index is 0.524. The van der Waals surface area contributed by atoms with Gasteiger partial charge < -0.3 is 15.1 Å². The highest BCUT2D eigenvalue weighted by molar-refractivity contribution is 4.89. The van der Waals surface area contributed by atoms with Crippen LogP contribution in [0.2, 0.25) is 0 Å². The average molecular weight is 298 g/mol. The SMILES string of the molecule is CCNCC1(CN(CC)CCCN(C)C)CCC(C)CC1. The molecule has 3 nitrogen and oxygen atoms in total. The Bertz CT molecular complexity index is 252. The molecule has 0 aromatic heterocycles. The Morgan fingerprint density at radius 1 is 1.10 bits per heavy atom. The van der Waals surface area contributed by atoms with Crippen LogP contribution in [-0.4, -0.2) is 63.2 Å². The van der Waals surface area contributed by atoms with E-state index in [0.29, 0.717) is 5.41 Å². The molecular weight excluding hydrogens is 258 g/mol. The standard InChI is InChI=1S/C18H39N3/c1-6-19-15-18(11-9-17(3)10-12-18)16-21(7-2)14-8-13-20(4)5/h17,19H,6-16H2,1-5H3. The molecule has 0 amide bonds. The molecule has 1 aliphatic rings. The first-order chi connectivity index (χ1) is 10.0. The average Bonchev–Trinajstić information content (AvgIpc) is 2.47. The van der Waals surface area contributed by atoms with Crippen LogP contribution in [0.15, 0.2) is 0 Å². The summed E-state index contributed by atoms with van der Waals surface area (Å²) in [5.41, 5.74) is 0.524. The molecule has 21 heavy (non-hydrogen) atoms. The van der Waals surface area contributed by atoms with Gasteiger partial charge in [-0.3, -0.25) is 0 Å². The second kappa shape index (κ2) is 9.81. The second-order valence-corrected chi connectivity index (χ2v) is 7.49. The van der Waals surface area contributed by atoms with Crippen LogP contribution < -0.4 is 5.32 Å². The van der Waals surface area contributed by atoms with Gasteiger partial charge in [0.2, 0.25) is 0 Å². The summed E-state index contributed by atoms with van der Waals surface area (Å²) in [6.07, 6.45) is 6.94. The molecule has 0 aromatic carbocycles. The summed E-state index contributed by atoms with van der Waals surface area (Å²) in [4.78, 5) is 4.99. The highest BCUT2D eigenvalue weighted by Crippen LogP contribution is 2.39. The lowest BCUT2D eigenvalue weighted by molar-refractivity contribution is 0.0876. The molecule has 126 valence electrons. The lowest BCUT2D eigenvalue weighted by Gasteiger charge is -2.43. The summed E-state index contributed by atoms with van der Waals surface area (Å²) in [5.74, 6) is 0.934. The Morgan fingerprint density at radius 2 is 1.76 bits per heavy atom. The third-order valence-corrected chi connectivity index (χ3v) is 5.17. The maximum absolute atomic E-state index is 3.64. The zero-order chi connectivity index (χ0) is 15.7. The number of nitrogens with zero attached hydrogens (tertiary/aromatic N) is 2. The molecule has 0 atom stereocenters. The maximum atomic E-state index is 3.64. The van der Waals surface area contributed by atoms with E-state index < -0.39 is 0 Å². The smallest absolute Gasteiger partial charge is 0.00500 e. The van der Waals surface area contributed by atoms with Gasteiger partial charge in [0, 0.05) is 13.1 Å². The molecule has 1 fully saturated rings. The van der Waals surface area contributed by atoms with Crippen molar-refractivity contribution < 1.29 is 0 Å². The van der Waals surface area contributed by atoms with Gasteiger partial charge in [0.15, 0.2) is 0 Å². The van der Waals surface area contributed by atoms with Crippen molar-refractivity contribution in [3.8, 4) is 0 Å². The number of hydrogen-bond donors (Lipinski definition) is 1. The molecule has 1 N–H and O–H groups in total. The highest BCUT2D eigenvalue weighted by atomic mass is 15.1. The Morgan fingerprint density at radius 3 is 2.29 bits per heavy atom. The van der Waals surface area contributed by atoms with Gasteiger partial charge in [-0.15, -0.1) is 0 Å². The predicted molar refractivity (Wildman–Crippen MR) is 93.9 cm³/mol. The summed E-state index contributed by atoms with van der Waals surface area (Å²) < 4.78 is 0. The van der Waals surface area contributed by atoms with Crippen molar-refractivity contribution in [3.05, 3.63) is 0 Å². The summed E-state index contributed by atoms with van der Waals surface area (Å²) in [5, 5.41) is 3.64. The van der Waals surface area contributed by atoms with Crippen molar-refractivity contribution >= 4 is 0 Å². The lowest BCUT2D eigenvalue weighted by Crippen LogP contribution is -2.46. The molecule has 0 saturated heterocycles. The second-order valence-electron chi connectivity index (χ2n) is 7.49. The Hall–Kier alpha value is -0.120. The minimum Gasteiger partial charge on any atom is -0.316 e. The first-order valence-corrected chi connectivity index (χ1v) is 9.09. The van der Waals surface area contributed by atoms with Crippen molar-refractivity contribution in [1.29, 1.82) is 0 Å². The first-order valence-electron chi connectivity index (χ1n) is 9.09. The van der Waals surface area contributed by atoms with Gasteiger partial charge in [0.1, 0.15) is 0 Å². The van der Waals surface area contributed by atoms with Crippen molar-refractivity contribution in [2.75, 3.05) is 53.4 Å². The third-order valence-electron chi connectivity index (χ3n) is 5.17. The van der Waals surface area contributed by atoms with E-state index in [1.54, 1.807) is 0 Å². The monoisotopic (exact) mass is 297 g/mol. The molecule has 1 saturated carbocycles. The van der Waals surface area contributed by atoms with Crippen molar-refractivity contribution in [3.63, 3.8) is 0 Å². The van der Waals surface area contributed by atoms with E-state index in [-0.39, 0.29) is 0 Å². The van der Waals surface area contributed by atoms with Gasteiger partial charge in [0.25, 0.3) is 0 Å². The van der Waals surface area contributed by atoms with Crippen LogP contribution in [0.25, 0.3) is 0 Å². The number of rotatable bonds is 10. The van der Waals surface area contributed by atoms with Crippen LogP contribution in [0, 0.1) is 11.3 Å². The summed E-state index contributed by atoms with van der Waals surface area (Å²) in [7, 11) is 4.34. The fourth-order valence-corrected chi connectivity index (χ4v) is 3.59. The number of nitrogens with one attached hydrogen (secondary N) is 1. The van der Waals surface area contributed by atoms with E-state index in [0.717, 1.165) is 12.5 Å². The van der Waals surface area contributed by atoms with E-state index in [1.165, 1.54) is 64.8 Å². The Kier molecular flexibility index (Phi) is 8.84. The van der Waals surface area contributed by atoms with Crippen LogP contribution in [0.4, 0.5) is 0 Å². The molecule has 0 aromatic rings. The Labute approximate surface area is 133 Å². The molecule has 0 radical (unpaired) electrons. The third kappa shape index (κ3) is 7.12. The summed E-state index contributed by atoms with van der Waals surface area (Å²) >= 11 is 0. The topological polar surface area (TPSA) is 18.5 Å². The Balaban J connectivity index is 2.52. The van der Waals surface area contributed by atoms with E-state index in [2.05, 4.69) is 50.0 Å².